The molecule has 0 saturated carbocycles. The van der Waals surface area contributed by atoms with Crippen molar-refractivity contribution in [2.75, 3.05) is 20.8 Å². The lowest BCUT2D eigenvalue weighted by molar-refractivity contribution is -0.141. The van der Waals surface area contributed by atoms with E-state index in [2.05, 4.69) is 36.9 Å². The number of hydrogen-bond acceptors (Lipinski definition) is 10. The third kappa shape index (κ3) is 7.06. The average Bonchev–Trinajstić information content (AvgIpc) is 3.42. The fourth-order valence-electron chi connectivity index (χ4n) is 3.70. The Morgan fingerprint density at radius 1 is 1.14 bits per heavy atom. The van der Waals surface area contributed by atoms with E-state index in [0.717, 1.165) is 10.9 Å². The summed E-state index contributed by atoms with van der Waals surface area (Å²) < 4.78 is 62.4. The second-order valence-electron chi connectivity index (χ2n) is 8.53. The molecule has 0 aliphatic heterocycles. The molecule has 0 fully saturated rings. The molecule has 1 amide bonds. The van der Waals surface area contributed by atoms with Crippen molar-refractivity contribution >= 4 is 22.6 Å². The Bertz CT molecular complexity index is 1720. The first kappa shape index (κ1) is 30.5. The van der Waals surface area contributed by atoms with Crippen molar-refractivity contribution < 1.29 is 36.9 Å². The zero-order valence-corrected chi connectivity index (χ0v) is 23.5. The summed E-state index contributed by atoms with van der Waals surface area (Å²) >= 11 is 0. The van der Waals surface area contributed by atoms with Crippen LogP contribution in [-0.2, 0) is 6.18 Å². The number of amides is 1. The van der Waals surface area contributed by atoms with Gasteiger partial charge in [0, 0.05) is 17.6 Å². The van der Waals surface area contributed by atoms with Gasteiger partial charge in [0.25, 0.3) is 5.91 Å². The van der Waals surface area contributed by atoms with Crippen molar-refractivity contribution in [3.8, 4) is 28.8 Å². The molecular formula is C28H26F3N7O5. The molecule has 3 heterocycles. The molecule has 12 nitrogen and oxygen atoms in total. The van der Waals surface area contributed by atoms with Crippen LogP contribution < -0.4 is 24.3 Å². The minimum atomic E-state index is -4.71. The number of nitrogens with one attached hydrogen (secondary N) is 1. The summed E-state index contributed by atoms with van der Waals surface area (Å²) in [6.07, 6.45) is 2.41. The smallest absolute Gasteiger partial charge is 0.434 e. The van der Waals surface area contributed by atoms with Crippen molar-refractivity contribution in [2.24, 2.45) is 4.99 Å². The van der Waals surface area contributed by atoms with Crippen LogP contribution in [0.25, 0.3) is 16.7 Å². The van der Waals surface area contributed by atoms with E-state index in [9.17, 15) is 18.0 Å². The van der Waals surface area contributed by atoms with Crippen LogP contribution in [-0.4, -0.2) is 57.3 Å². The van der Waals surface area contributed by atoms with Crippen molar-refractivity contribution in [3.63, 3.8) is 0 Å². The van der Waals surface area contributed by atoms with Gasteiger partial charge in [-0.05, 0) is 32.1 Å². The van der Waals surface area contributed by atoms with Gasteiger partial charge in [-0.25, -0.2) is 14.7 Å². The van der Waals surface area contributed by atoms with Crippen molar-refractivity contribution in [1.29, 1.82) is 0 Å². The van der Waals surface area contributed by atoms with Gasteiger partial charge in [-0.15, -0.1) is 0 Å². The predicted molar refractivity (Wildman–Crippen MR) is 150 cm³/mol. The molecule has 0 aliphatic carbocycles. The molecule has 4 rings (SSSR count). The first-order chi connectivity index (χ1) is 20.6. The van der Waals surface area contributed by atoms with Crippen molar-refractivity contribution in [1.82, 2.24) is 30.0 Å². The number of benzene rings is 1. The van der Waals surface area contributed by atoms with E-state index in [1.165, 1.54) is 32.7 Å². The third-order valence-electron chi connectivity index (χ3n) is 5.64. The number of carbonyl (C=O) groups is 1. The van der Waals surface area contributed by atoms with Gasteiger partial charge >= 0.3 is 6.18 Å². The highest BCUT2D eigenvalue weighted by atomic mass is 19.4. The van der Waals surface area contributed by atoms with Gasteiger partial charge in [0.15, 0.2) is 34.5 Å². The number of aromatic nitrogens is 5. The maximum atomic E-state index is 13.1. The van der Waals surface area contributed by atoms with Crippen LogP contribution in [0.15, 0.2) is 72.6 Å². The summed E-state index contributed by atoms with van der Waals surface area (Å²) in [5.74, 6) is 0.879. The van der Waals surface area contributed by atoms with Crippen LogP contribution in [0.5, 0.6) is 23.0 Å². The molecule has 0 saturated heterocycles. The van der Waals surface area contributed by atoms with E-state index < -0.39 is 17.8 Å². The molecular weight excluding hydrogens is 571 g/mol. The molecule has 43 heavy (non-hydrogen) atoms. The summed E-state index contributed by atoms with van der Waals surface area (Å²) in [4.78, 5) is 28.7. The van der Waals surface area contributed by atoms with E-state index in [-0.39, 0.29) is 29.7 Å². The van der Waals surface area contributed by atoms with Gasteiger partial charge in [-0.3, -0.25) is 14.8 Å². The second-order valence-corrected chi connectivity index (χ2v) is 8.53. The lowest BCUT2D eigenvalue weighted by Crippen LogP contribution is -2.29. The van der Waals surface area contributed by atoms with Gasteiger partial charge in [0.2, 0.25) is 0 Å². The van der Waals surface area contributed by atoms with E-state index in [0.29, 0.717) is 40.1 Å². The minimum Gasteiger partial charge on any atom is -0.493 e. The molecule has 0 spiro atoms. The van der Waals surface area contributed by atoms with Crippen LogP contribution in [0.2, 0.25) is 0 Å². The molecule has 3 aromatic heterocycles. The number of allylic oxidation sites excluding steroid dienone is 1. The third-order valence-corrected chi connectivity index (χ3v) is 5.64. The number of ether oxygens (including phenoxy) is 4. The monoisotopic (exact) mass is 597 g/mol. The molecule has 0 unspecified atom stereocenters. The maximum absolute atomic E-state index is 13.1. The lowest BCUT2D eigenvalue weighted by Gasteiger charge is -2.12. The number of carbonyl (C=O) groups excluding carboxylic acids is 1. The number of rotatable bonds is 10. The average molecular weight is 598 g/mol. The largest absolute Gasteiger partial charge is 0.493 e. The molecule has 4 aromatic rings. The molecule has 0 bridgehead atoms. The van der Waals surface area contributed by atoms with Crippen molar-refractivity contribution in [2.45, 2.75) is 20.0 Å². The van der Waals surface area contributed by atoms with Crippen LogP contribution in [0.1, 0.15) is 30.0 Å². The molecule has 0 radical (unpaired) electrons. The number of methoxy groups -OCH3 is 2. The first-order valence-corrected chi connectivity index (χ1v) is 12.6. The number of fused-ring (bicyclic) bond motifs is 1. The van der Waals surface area contributed by atoms with Crippen LogP contribution in [0.4, 0.5) is 13.2 Å². The summed E-state index contributed by atoms with van der Waals surface area (Å²) in [5.41, 5.74) is -0.820. The molecule has 15 heteroatoms. The standard InChI is InChI=1S/C28H26F3N7O5/c1-6-24(34-12-16(3)43-19-8-9-33-18-11-21(41-5)20(40-4)10-17(18)19)36-27(39)26-22(42-7-2)15-38(37-26)25-14-32-13-23(35-25)28(29,30)31/h6,8-15H,1,7H2,2-5H3,(H,34,36,39)/b16-12+. The van der Waals surface area contributed by atoms with Crippen LogP contribution in [0.3, 0.4) is 0 Å². The van der Waals surface area contributed by atoms with Gasteiger partial charge in [0.05, 0.1) is 51.1 Å². The maximum Gasteiger partial charge on any atom is 0.434 e. The Hall–Kier alpha value is -5.47. The number of amidine groups is 1. The summed E-state index contributed by atoms with van der Waals surface area (Å²) in [7, 11) is 3.05. The summed E-state index contributed by atoms with van der Waals surface area (Å²) in [5, 5.41) is 7.28. The zero-order valence-electron chi connectivity index (χ0n) is 23.5. The number of halogens is 3. The number of pyridine rings is 1. The van der Waals surface area contributed by atoms with Gasteiger partial charge in [-0.1, -0.05) is 6.58 Å². The van der Waals surface area contributed by atoms with E-state index in [4.69, 9.17) is 18.9 Å². The molecule has 1 aromatic carbocycles. The summed E-state index contributed by atoms with van der Waals surface area (Å²) in [6.45, 7) is 7.15. The fourth-order valence-corrected chi connectivity index (χ4v) is 3.70. The number of hydrogen-bond donors (Lipinski definition) is 1. The zero-order chi connectivity index (χ0) is 31.1. The van der Waals surface area contributed by atoms with Crippen molar-refractivity contribution in [3.05, 3.63) is 79.0 Å². The van der Waals surface area contributed by atoms with Crippen LogP contribution in [0, 0.1) is 0 Å². The highest BCUT2D eigenvalue weighted by Gasteiger charge is 2.33. The molecule has 0 atom stereocenters. The Morgan fingerprint density at radius 2 is 1.88 bits per heavy atom. The SMILES string of the molecule is C=C/C(=N\C=C(/C)Oc1ccnc2cc(OC)c(OC)cc12)NC(=O)c1nn(-c2cncc(C(F)(F)F)n2)cc1OCC. The Balaban J connectivity index is 1.56. The number of nitrogens with zero attached hydrogens (tertiary/aromatic N) is 6. The van der Waals surface area contributed by atoms with Gasteiger partial charge in [0.1, 0.15) is 17.3 Å². The van der Waals surface area contributed by atoms with E-state index in [1.54, 1.807) is 38.2 Å². The lowest BCUT2D eigenvalue weighted by atomic mass is 10.2. The number of aliphatic imine (C=N–C) groups is 1. The van der Waals surface area contributed by atoms with E-state index >= 15 is 0 Å². The molecule has 1 N–H and O–H groups in total. The number of alkyl halides is 3. The first-order valence-electron chi connectivity index (χ1n) is 12.6. The molecule has 224 valence electrons. The van der Waals surface area contributed by atoms with Crippen LogP contribution >= 0.6 is 0 Å². The minimum absolute atomic E-state index is 0.00861. The van der Waals surface area contributed by atoms with Gasteiger partial charge < -0.3 is 24.3 Å². The molecule has 0 aliphatic rings. The Labute approximate surface area is 243 Å². The highest BCUT2D eigenvalue weighted by molar-refractivity contribution is 6.10. The summed E-state index contributed by atoms with van der Waals surface area (Å²) in [6, 6.07) is 5.13. The highest BCUT2D eigenvalue weighted by Crippen LogP contribution is 2.35. The predicted octanol–water partition coefficient (Wildman–Crippen LogP) is 4.90. The topological polar surface area (TPSA) is 135 Å². The quantitative estimate of drug-likeness (QED) is 0.154. The fraction of sp³-hybridized carbons (Fsp3) is 0.214. The normalized spacial score (nSPS) is 12.2. The second kappa shape index (κ2) is 13.0. The van der Waals surface area contributed by atoms with Gasteiger partial charge in [-0.2, -0.15) is 18.3 Å². The van der Waals surface area contributed by atoms with E-state index in [1.807, 2.05) is 0 Å². The Morgan fingerprint density at radius 3 is 2.56 bits per heavy atom. The Kier molecular flexibility index (Phi) is 9.23.